The molecule has 25 heavy (non-hydrogen) atoms. The molecule has 3 amide bonds. The van der Waals surface area contributed by atoms with Gasteiger partial charge in [-0.2, -0.15) is 11.3 Å². The molecule has 3 N–H and O–H groups in total. The van der Waals surface area contributed by atoms with Crippen molar-refractivity contribution < 1.29 is 14.4 Å². The van der Waals surface area contributed by atoms with E-state index in [9.17, 15) is 14.4 Å². The van der Waals surface area contributed by atoms with Crippen LogP contribution >= 0.6 is 11.3 Å². The van der Waals surface area contributed by atoms with Gasteiger partial charge in [-0.25, -0.2) is 0 Å². The highest BCUT2D eigenvalue weighted by atomic mass is 32.1. The van der Waals surface area contributed by atoms with Gasteiger partial charge in [0, 0.05) is 29.6 Å². The molecule has 7 heteroatoms. The number of carbonyl (C=O) groups is 3. The molecule has 0 saturated carbocycles. The van der Waals surface area contributed by atoms with Gasteiger partial charge < -0.3 is 16.0 Å². The smallest absolute Gasteiger partial charge is 0.252 e. The summed E-state index contributed by atoms with van der Waals surface area (Å²) >= 11 is 1.44. The van der Waals surface area contributed by atoms with Gasteiger partial charge in [0.1, 0.15) is 0 Å². The highest BCUT2D eigenvalue weighted by Crippen LogP contribution is 2.18. The van der Waals surface area contributed by atoms with Crippen molar-refractivity contribution in [3.05, 3.63) is 51.7 Å². The van der Waals surface area contributed by atoms with E-state index in [1.54, 1.807) is 11.4 Å². The molecule has 0 aliphatic heterocycles. The number of rotatable bonds is 7. The van der Waals surface area contributed by atoms with Gasteiger partial charge in [-0.05, 0) is 36.4 Å². The molecule has 0 saturated heterocycles. The first-order chi connectivity index (χ1) is 12.0. The number of hydrogen-bond donors (Lipinski definition) is 3. The summed E-state index contributed by atoms with van der Waals surface area (Å²) in [5.41, 5.74) is 3.29. The summed E-state index contributed by atoms with van der Waals surface area (Å²) in [7, 11) is 0. The molecule has 0 unspecified atom stereocenters. The molecule has 132 valence electrons. The molecule has 0 aliphatic carbocycles. The van der Waals surface area contributed by atoms with Gasteiger partial charge in [0.25, 0.3) is 5.91 Å². The Morgan fingerprint density at radius 1 is 1.00 bits per heavy atom. The highest BCUT2D eigenvalue weighted by Gasteiger charge is 2.10. The second kappa shape index (κ2) is 8.98. The first-order valence-electron chi connectivity index (χ1n) is 7.90. The lowest BCUT2D eigenvalue weighted by Gasteiger charge is -2.12. The zero-order valence-electron chi connectivity index (χ0n) is 14.2. The van der Waals surface area contributed by atoms with Crippen molar-refractivity contribution in [1.82, 2.24) is 10.6 Å². The maximum Gasteiger partial charge on any atom is 0.252 e. The van der Waals surface area contributed by atoms with Crippen LogP contribution in [0.5, 0.6) is 0 Å². The summed E-state index contributed by atoms with van der Waals surface area (Å²) in [4.78, 5) is 35.4. The molecular formula is C18H21N3O3S. The Balaban J connectivity index is 1.69. The molecule has 0 fully saturated rings. The molecule has 6 nitrogen and oxygen atoms in total. The van der Waals surface area contributed by atoms with Gasteiger partial charge in [-0.3, -0.25) is 14.4 Å². The number of anilines is 1. The van der Waals surface area contributed by atoms with Crippen molar-refractivity contribution in [3.63, 3.8) is 0 Å². The SMILES string of the molecule is Cc1cccc(C)c1NC(=O)CNC(=O)CCNC(=O)c1ccsc1. The number of thiophene rings is 1. The minimum atomic E-state index is -0.290. The Hall–Kier alpha value is -2.67. The van der Waals surface area contributed by atoms with E-state index in [0.717, 1.165) is 16.8 Å². The molecule has 0 radical (unpaired) electrons. The Labute approximate surface area is 150 Å². The van der Waals surface area contributed by atoms with Crippen LogP contribution in [0.1, 0.15) is 27.9 Å². The van der Waals surface area contributed by atoms with Crippen LogP contribution in [0, 0.1) is 13.8 Å². The summed E-state index contributed by atoms with van der Waals surface area (Å²) < 4.78 is 0. The van der Waals surface area contributed by atoms with Gasteiger partial charge in [-0.15, -0.1) is 0 Å². The standard InChI is InChI=1S/C18H21N3O3S/c1-12-4-3-5-13(2)17(12)21-16(23)10-20-15(22)6-8-19-18(24)14-7-9-25-11-14/h3-5,7,9,11H,6,8,10H2,1-2H3,(H,19,24)(H,20,22)(H,21,23). The quantitative estimate of drug-likeness (QED) is 0.708. The monoisotopic (exact) mass is 359 g/mol. The number of aryl methyl sites for hydroxylation is 2. The van der Waals surface area contributed by atoms with E-state index in [-0.39, 0.29) is 37.2 Å². The lowest BCUT2D eigenvalue weighted by Crippen LogP contribution is -2.35. The van der Waals surface area contributed by atoms with Crippen LogP contribution in [0.4, 0.5) is 5.69 Å². The zero-order valence-corrected chi connectivity index (χ0v) is 15.0. The number of nitrogens with one attached hydrogen (secondary N) is 3. The molecule has 0 spiro atoms. The van der Waals surface area contributed by atoms with Crippen LogP contribution in [0.15, 0.2) is 35.0 Å². The molecule has 2 rings (SSSR count). The number of para-hydroxylation sites is 1. The van der Waals surface area contributed by atoms with Gasteiger partial charge in [0.05, 0.1) is 6.54 Å². The van der Waals surface area contributed by atoms with Crippen LogP contribution in [-0.2, 0) is 9.59 Å². The van der Waals surface area contributed by atoms with Crippen molar-refractivity contribution in [1.29, 1.82) is 0 Å². The minimum absolute atomic E-state index is 0.106. The van der Waals surface area contributed by atoms with E-state index in [4.69, 9.17) is 0 Å². The van der Waals surface area contributed by atoms with Gasteiger partial charge >= 0.3 is 0 Å². The molecule has 0 bridgehead atoms. The third-order valence-corrected chi connectivity index (χ3v) is 4.30. The molecule has 1 heterocycles. The third-order valence-electron chi connectivity index (χ3n) is 3.61. The van der Waals surface area contributed by atoms with Crippen LogP contribution < -0.4 is 16.0 Å². The Kier molecular flexibility index (Phi) is 6.71. The Morgan fingerprint density at radius 2 is 1.72 bits per heavy atom. The highest BCUT2D eigenvalue weighted by molar-refractivity contribution is 7.08. The zero-order chi connectivity index (χ0) is 18.2. The van der Waals surface area contributed by atoms with E-state index < -0.39 is 0 Å². The van der Waals surface area contributed by atoms with Crippen molar-refractivity contribution in [2.45, 2.75) is 20.3 Å². The van der Waals surface area contributed by atoms with E-state index in [0.29, 0.717) is 5.56 Å². The van der Waals surface area contributed by atoms with Crippen molar-refractivity contribution >= 4 is 34.7 Å². The number of amides is 3. The van der Waals surface area contributed by atoms with Gasteiger partial charge in [0.15, 0.2) is 0 Å². The average molecular weight is 359 g/mol. The lowest BCUT2D eigenvalue weighted by atomic mass is 10.1. The molecule has 1 aromatic carbocycles. The van der Waals surface area contributed by atoms with E-state index >= 15 is 0 Å². The topological polar surface area (TPSA) is 87.3 Å². The second-order valence-electron chi connectivity index (χ2n) is 5.61. The Morgan fingerprint density at radius 3 is 2.36 bits per heavy atom. The fraction of sp³-hybridized carbons (Fsp3) is 0.278. The predicted octanol–water partition coefficient (Wildman–Crippen LogP) is 2.24. The summed E-state index contributed by atoms with van der Waals surface area (Å²) in [6, 6.07) is 7.47. The van der Waals surface area contributed by atoms with E-state index in [1.807, 2.05) is 37.4 Å². The van der Waals surface area contributed by atoms with Crippen LogP contribution in [0.25, 0.3) is 0 Å². The molecule has 0 aliphatic rings. The van der Waals surface area contributed by atoms with Crippen LogP contribution in [0.3, 0.4) is 0 Å². The van der Waals surface area contributed by atoms with E-state index in [2.05, 4.69) is 16.0 Å². The third kappa shape index (κ3) is 5.72. The van der Waals surface area contributed by atoms with Crippen LogP contribution in [-0.4, -0.2) is 30.8 Å². The van der Waals surface area contributed by atoms with E-state index in [1.165, 1.54) is 11.3 Å². The second-order valence-corrected chi connectivity index (χ2v) is 6.39. The number of hydrogen-bond acceptors (Lipinski definition) is 4. The minimum Gasteiger partial charge on any atom is -0.351 e. The number of carbonyl (C=O) groups excluding carboxylic acids is 3. The van der Waals surface area contributed by atoms with Crippen molar-refractivity contribution in [2.24, 2.45) is 0 Å². The summed E-state index contributed by atoms with van der Waals surface area (Å²) in [5, 5.41) is 11.6. The van der Waals surface area contributed by atoms with Crippen molar-refractivity contribution in [3.8, 4) is 0 Å². The molecule has 2 aromatic rings. The van der Waals surface area contributed by atoms with Gasteiger partial charge in [0.2, 0.25) is 11.8 Å². The molecule has 1 aromatic heterocycles. The number of benzene rings is 1. The average Bonchev–Trinajstić information content (AvgIpc) is 3.11. The fourth-order valence-electron chi connectivity index (χ4n) is 2.25. The largest absolute Gasteiger partial charge is 0.351 e. The first kappa shape index (κ1) is 18.7. The normalized spacial score (nSPS) is 10.2. The van der Waals surface area contributed by atoms with Gasteiger partial charge in [-0.1, -0.05) is 18.2 Å². The maximum absolute atomic E-state index is 12.0. The van der Waals surface area contributed by atoms with Crippen LogP contribution in [0.2, 0.25) is 0 Å². The van der Waals surface area contributed by atoms with Crippen molar-refractivity contribution in [2.75, 3.05) is 18.4 Å². The maximum atomic E-state index is 12.0. The summed E-state index contributed by atoms with van der Waals surface area (Å²) in [6.07, 6.45) is 0.118. The Bertz CT molecular complexity index is 737. The lowest BCUT2D eigenvalue weighted by molar-refractivity contribution is -0.124. The summed E-state index contributed by atoms with van der Waals surface area (Å²) in [6.45, 7) is 3.94. The molecule has 0 atom stereocenters. The fourth-order valence-corrected chi connectivity index (χ4v) is 2.88. The summed E-state index contributed by atoms with van der Waals surface area (Å²) in [5.74, 6) is -0.780. The first-order valence-corrected chi connectivity index (χ1v) is 8.85. The molecular weight excluding hydrogens is 338 g/mol. The predicted molar refractivity (Wildman–Crippen MR) is 98.8 cm³/mol.